The van der Waals surface area contributed by atoms with Crippen molar-refractivity contribution in [3.63, 3.8) is 0 Å². The van der Waals surface area contributed by atoms with Gasteiger partial charge >= 0.3 is 17.9 Å². The monoisotopic (exact) mass is 468 g/mol. The maximum absolute atomic E-state index is 12.4. The molecule has 3 N–H and O–H groups in total. The molecule has 0 bridgehead atoms. The average molecular weight is 469 g/mol. The number of benzene rings is 4. The molecule has 0 unspecified atom stereocenters. The largest absolute Gasteiger partial charge is 0.478 e. The predicted octanol–water partition coefficient (Wildman–Crippen LogP) is 2.16. The number of carboxylic acid groups (broad SMARTS) is 3. The van der Waals surface area contributed by atoms with Crippen LogP contribution in [0.1, 0.15) is 31.1 Å². The Morgan fingerprint density at radius 3 is 1.06 bits per heavy atom. The highest BCUT2D eigenvalue weighted by atomic mass is 28.3. The molecule has 4 aromatic carbocycles. The van der Waals surface area contributed by atoms with E-state index in [1.807, 2.05) is 12.1 Å². The van der Waals surface area contributed by atoms with E-state index in [9.17, 15) is 29.7 Å². The van der Waals surface area contributed by atoms with Gasteiger partial charge in [0.2, 0.25) is 0 Å². The molecule has 0 heterocycles. The standard InChI is InChI=1S/C27H20O6Si/c28-25(29)19-12-4-7-15-22(19)34(18-10-2-1-3-11-18,23-16-8-5-13-20(23)26(30)31)24-17-9-6-14-21(24)27(32)33/h1-17H,(H,28,29)(H,30,31)(H,32,33). The summed E-state index contributed by atoms with van der Waals surface area (Å²) in [6.07, 6.45) is 0. The molecule has 34 heavy (non-hydrogen) atoms. The molecule has 0 aliphatic heterocycles. The number of hydrogen-bond donors (Lipinski definition) is 3. The average Bonchev–Trinajstić information content (AvgIpc) is 2.86. The van der Waals surface area contributed by atoms with Crippen molar-refractivity contribution in [3.8, 4) is 0 Å². The first kappa shape index (κ1) is 22.7. The molecule has 0 saturated carbocycles. The Hall–Kier alpha value is -4.49. The van der Waals surface area contributed by atoms with E-state index >= 15 is 0 Å². The van der Waals surface area contributed by atoms with Crippen LogP contribution in [0.3, 0.4) is 0 Å². The Balaban J connectivity index is 2.34. The fourth-order valence-corrected chi connectivity index (χ4v) is 9.90. The van der Waals surface area contributed by atoms with Gasteiger partial charge < -0.3 is 15.3 Å². The van der Waals surface area contributed by atoms with Gasteiger partial charge in [-0.1, -0.05) is 84.9 Å². The van der Waals surface area contributed by atoms with Crippen LogP contribution in [-0.4, -0.2) is 41.3 Å². The fraction of sp³-hybridized carbons (Fsp3) is 0. The van der Waals surface area contributed by atoms with Crippen LogP contribution >= 0.6 is 0 Å². The number of aromatic carboxylic acids is 3. The first-order valence-electron chi connectivity index (χ1n) is 10.4. The number of rotatable bonds is 7. The quantitative estimate of drug-likeness (QED) is 0.283. The minimum atomic E-state index is -3.76. The van der Waals surface area contributed by atoms with Gasteiger partial charge in [0.1, 0.15) is 0 Å². The minimum Gasteiger partial charge on any atom is -0.478 e. The number of hydrogen-bond acceptors (Lipinski definition) is 3. The fourth-order valence-electron chi connectivity index (χ4n) is 4.58. The Labute approximate surface area is 196 Å². The second-order valence-electron chi connectivity index (χ2n) is 7.67. The molecule has 4 aromatic rings. The van der Waals surface area contributed by atoms with Crippen molar-refractivity contribution in [1.82, 2.24) is 0 Å². The van der Waals surface area contributed by atoms with Crippen molar-refractivity contribution in [1.29, 1.82) is 0 Å². The van der Waals surface area contributed by atoms with Crippen LogP contribution in [0.5, 0.6) is 0 Å². The highest BCUT2D eigenvalue weighted by Gasteiger charge is 2.47. The van der Waals surface area contributed by atoms with E-state index in [1.165, 1.54) is 18.2 Å². The van der Waals surface area contributed by atoms with E-state index in [0.717, 1.165) is 0 Å². The highest BCUT2D eigenvalue weighted by molar-refractivity contribution is 7.21. The zero-order chi connectivity index (χ0) is 24.3. The lowest BCUT2D eigenvalue weighted by molar-refractivity contribution is 0.0688. The highest BCUT2D eigenvalue weighted by Crippen LogP contribution is 2.16. The molecular weight excluding hydrogens is 448 g/mol. The summed E-state index contributed by atoms with van der Waals surface area (Å²) < 4.78 is 0. The Bertz CT molecular complexity index is 1260. The van der Waals surface area contributed by atoms with Crippen LogP contribution in [0.15, 0.2) is 103 Å². The minimum absolute atomic E-state index is 0.00148. The molecule has 0 aromatic heterocycles. The summed E-state index contributed by atoms with van der Waals surface area (Å²) in [5.74, 6) is -3.53. The lowest BCUT2D eigenvalue weighted by atomic mass is 10.2. The molecule has 168 valence electrons. The van der Waals surface area contributed by atoms with E-state index in [2.05, 4.69) is 0 Å². The molecule has 0 saturated heterocycles. The summed E-state index contributed by atoms with van der Waals surface area (Å²) in [5, 5.41) is 32.2. The van der Waals surface area contributed by atoms with E-state index < -0.39 is 26.0 Å². The maximum atomic E-state index is 12.4. The molecule has 4 rings (SSSR count). The van der Waals surface area contributed by atoms with Crippen molar-refractivity contribution in [2.24, 2.45) is 0 Å². The van der Waals surface area contributed by atoms with Crippen molar-refractivity contribution < 1.29 is 29.7 Å². The van der Waals surface area contributed by atoms with Crippen LogP contribution in [0, 0.1) is 0 Å². The summed E-state index contributed by atoms with van der Waals surface area (Å²) in [6, 6.07) is 28.3. The summed E-state index contributed by atoms with van der Waals surface area (Å²) in [7, 11) is -3.76. The van der Waals surface area contributed by atoms with Gasteiger partial charge in [0.15, 0.2) is 8.07 Å². The second kappa shape index (κ2) is 9.17. The third-order valence-corrected chi connectivity index (χ3v) is 10.8. The molecule has 0 fully saturated rings. The van der Waals surface area contributed by atoms with E-state index in [4.69, 9.17) is 0 Å². The third-order valence-electron chi connectivity index (χ3n) is 5.89. The van der Waals surface area contributed by atoms with Crippen molar-refractivity contribution >= 4 is 46.7 Å². The maximum Gasteiger partial charge on any atom is 0.335 e. The first-order chi connectivity index (χ1) is 16.4. The lowest BCUT2D eigenvalue weighted by Crippen LogP contribution is -2.77. The Morgan fingerprint density at radius 1 is 0.441 bits per heavy atom. The number of carbonyl (C=O) groups is 3. The van der Waals surface area contributed by atoms with Crippen LogP contribution in [-0.2, 0) is 0 Å². The van der Waals surface area contributed by atoms with Gasteiger partial charge in [0.25, 0.3) is 0 Å². The molecule has 0 aliphatic rings. The molecular formula is C27H20O6Si. The summed E-state index contributed by atoms with van der Waals surface area (Å²) in [4.78, 5) is 37.2. The topological polar surface area (TPSA) is 112 Å². The Morgan fingerprint density at radius 2 is 0.735 bits per heavy atom. The van der Waals surface area contributed by atoms with E-state index in [0.29, 0.717) is 20.7 Å². The summed E-state index contributed by atoms with van der Waals surface area (Å²) in [6.45, 7) is 0. The van der Waals surface area contributed by atoms with E-state index in [-0.39, 0.29) is 16.7 Å². The van der Waals surface area contributed by atoms with Gasteiger partial charge in [-0.3, -0.25) is 0 Å². The normalized spacial score (nSPS) is 11.1. The van der Waals surface area contributed by atoms with Crippen molar-refractivity contribution in [3.05, 3.63) is 120 Å². The van der Waals surface area contributed by atoms with Crippen LogP contribution in [0.25, 0.3) is 0 Å². The molecule has 0 spiro atoms. The summed E-state index contributed by atoms with van der Waals surface area (Å²) >= 11 is 0. The Kier molecular flexibility index (Phi) is 6.12. The van der Waals surface area contributed by atoms with Crippen molar-refractivity contribution in [2.45, 2.75) is 0 Å². The van der Waals surface area contributed by atoms with Gasteiger partial charge in [-0.2, -0.15) is 0 Å². The molecule has 0 atom stereocenters. The van der Waals surface area contributed by atoms with Gasteiger partial charge in [-0.05, 0) is 38.9 Å². The van der Waals surface area contributed by atoms with Crippen LogP contribution in [0.2, 0.25) is 0 Å². The molecule has 0 amide bonds. The predicted molar refractivity (Wildman–Crippen MR) is 131 cm³/mol. The van der Waals surface area contributed by atoms with E-state index in [1.54, 1.807) is 72.8 Å². The molecule has 7 heteroatoms. The smallest absolute Gasteiger partial charge is 0.335 e. The van der Waals surface area contributed by atoms with Crippen LogP contribution in [0.4, 0.5) is 0 Å². The zero-order valence-corrected chi connectivity index (χ0v) is 18.9. The second-order valence-corrected chi connectivity index (χ2v) is 11.4. The third kappa shape index (κ3) is 3.68. The van der Waals surface area contributed by atoms with Gasteiger partial charge in [0, 0.05) is 0 Å². The molecule has 0 aliphatic carbocycles. The lowest BCUT2D eigenvalue weighted by Gasteiger charge is -2.36. The molecule has 0 radical (unpaired) electrons. The van der Waals surface area contributed by atoms with Gasteiger partial charge in [-0.25, -0.2) is 14.4 Å². The number of carboxylic acids is 3. The first-order valence-corrected chi connectivity index (χ1v) is 12.4. The van der Waals surface area contributed by atoms with Gasteiger partial charge in [-0.15, -0.1) is 0 Å². The van der Waals surface area contributed by atoms with Gasteiger partial charge in [0.05, 0.1) is 16.7 Å². The summed E-state index contributed by atoms with van der Waals surface area (Å²) in [5.41, 5.74) is -0.00443. The zero-order valence-electron chi connectivity index (χ0n) is 17.9. The molecule has 6 nitrogen and oxygen atoms in total. The van der Waals surface area contributed by atoms with Crippen LogP contribution < -0.4 is 20.7 Å². The SMILES string of the molecule is O=C(O)c1ccccc1[Si](c1ccccc1)(c1ccccc1C(=O)O)c1ccccc1C(=O)O. The van der Waals surface area contributed by atoms with Crippen molar-refractivity contribution in [2.75, 3.05) is 0 Å².